The maximum absolute atomic E-state index is 13.2. The van der Waals surface area contributed by atoms with Crippen LogP contribution in [-0.2, 0) is 6.42 Å². The minimum Gasteiger partial charge on any atom is -0.438 e. The first-order chi connectivity index (χ1) is 8.61. The van der Waals surface area contributed by atoms with E-state index in [0.717, 1.165) is 11.1 Å². The zero-order valence-electron chi connectivity index (χ0n) is 10.3. The molecule has 0 atom stereocenters. The number of ether oxygens (including phenoxy) is 1. The average molecular weight is 247 g/mol. The van der Waals surface area contributed by atoms with Crippen LogP contribution >= 0.6 is 0 Å². The zero-order valence-corrected chi connectivity index (χ0v) is 10.3. The lowest BCUT2D eigenvalue weighted by Gasteiger charge is -2.11. The summed E-state index contributed by atoms with van der Waals surface area (Å²) in [5.41, 5.74) is 7.30. The van der Waals surface area contributed by atoms with Gasteiger partial charge in [-0.15, -0.1) is 0 Å². The summed E-state index contributed by atoms with van der Waals surface area (Å²) in [6, 6.07) is 4.37. The van der Waals surface area contributed by atoms with Gasteiger partial charge < -0.3 is 10.5 Å². The minimum atomic E-state index is -0.351. The molecule has 1 heterocycles. The predicted molar refractivity (Wildman–Crippen MR) is 67.0 cm³/mol. The maximum atomic E-state index is 13.2. The van der Waals surface area contributed by atoms with Gasteiger partial charge in [0.25, 0.3) is 0 Å². The van der Waals surface area contributed by atoms with Gasteiger partial charge in [0.2, 0.25) is 5.88 Å². The zero-order chi connectivity index (χ0) is 13.1. The third-order valence-electron chi connectivity index (χ3n) is 2.65. The third-order valence-corrected chi connectivity index (χ3v) is 2.65. The van der Waals surface area contributed by atoms with Crippen LogP contribution in [-0.4, -0.2) is 9.97 Å². The van der Waals surface area contributed by atoms with Crippen LogP contribution in [0.1, 0.15) is 18.1 Å². The molecule has 2 aromatic rings. The standard InChI is InChI=1S/C13H14FN3O/c1-3-10-12(15)16-7-17-13(10)18-11-6-9(14)5-4-8(11)2/h4-7H,3H2,1-2H3,(H2,15,16,17). The number of halogens is 1. The fourth-order valence-electron chi connectivity index (χ4n) is 1.62. The first-order valence-corrected chi connectivity index (χ1v) is 5.65. The maximum Gasteiger partial charge on any atom is 0.227 e. The van der Waals surface area contributed by atoms with Crippen molar-refractivity contribution in [3.05, 3.63) is 41.5 Å². The Morgan fingerprint density at radius 3 is 2.83 bits per heavy atom. The van der Waals surface area contributed by atoms with Crippen LogP contribution in [0.15, 0.2) is 24.5 Å². The van der Waals surface area contributed by atoms with Gasteiger partial charge in [-0.05, 0) is 25.0 Å². The lowest BCUT2D eigenvalue weighted by Crippen LogP contribution is -2.02. The Labute approximate surface area is 105 Å². The Balaban J connectivity index is 2.40. The molecule has 2 rings (SSSR count). The molecule has 1 aromatic heterocycles. The van der Waals surface area contributed by atoms with Crippen molar-refractivity contribution >= 4 is 5.82 Å². The number of nitrogens with zero attached hydrogens (tertiary/aromatic N) is 2. The van der Waals surface area contributed by atoms with Gasteiger partial charge >= 0.3 is 0 Å². The molecule has 5 heteroatoms. The molecule has 0 radical (unpaired) electrons. The van der Waals surface area contributed by atoms with Crippen LogP contribution in [0.25, 0.3) is 0 Å². The van der Waals surface area contributed by atoms with E-state index in [4.69, 9.17) is 10.5 Å². The Bertz CT molecular complexity index is 572. The van der Waals surface area contributed by atoms with Crippen LogP contribution in [0.2, 0.25) is 0 Å². The molecule has 18 heavy (non-hydrogen) atoms. The highest BCUT2D eigenvalue weighted by atomic mass is 19.1. The highest BCUT2D eigenvalue weighted by Crippen LogP contribution is 2.28. The Morgan fingerprint density at radius 1 is 1.33 bits per heavy atom. The Kier molecular flexibility index (Phi) is 3.41. The molecule has 0 saturated carbocycles. The van der Waals surface area contributed by atoms with E-state index in [9.17, 15) is 4.39 Å². The summed E-state index contributed by atoms with van der Waals surface area (Å²) in [5.74, 6) is 0.841. The minimum absolute atomic E-state index is 0.351. The summed E-state index contributed by atoms with van der Waals surface area (Å²) in [5, 5.41) is 0. The molecule has 0 fully saturated rings. The highest BCUT2D eigenvalue weighted by Gasteiger charge is 2.11. The molecule has 0 saturated heterocycles. The first kappa shape index (κ1) is 12.3. The average Bonchev–Trinajstić information content (AvgIpc) is 2.34. The highest BCUT2D eigenvalue weighted by molar-refractivity contribution is 5.46. The van der Waals surface area contributed by atoms with Crippen LogP contribution in [0.3, 0.4) is 0 Å². The number of benzene rings is 1. The van der Waals surface area contributed by atoms with Crippen molar-refractivity contribution in [2.45, 2.75) is 20.3 Å². The van der Waals surface area contributed by atoms with Gasteiger partial charge in [-0.25, -0.2) is 14.4 Å². The van der Waals surface area contributed by atoms with Gasteiger partial charge in [0.05, 0.1) is 5.56 Å². The largest absolute Gasteiger partial charge is 0.438 e. The van der Waals surface area contributed by atoms with Crippen LogP contribution in [0.5, 0.6) is 11.6 Å². The van der Waals surface area contributed by atoms with E-state index in [-0.39, 0.29) is 5.82 Å². The van der Waals surface area contributed by atoms with E-state index in [2.05, 4.69) is 9.97 Å². The topological polar surface area (TPSA) is 61.0 Å². The smallest absolute Gasteiger partial charge is 0.227 e. The van der Waals surface area contributed by atoms with E-state index < -0.39 is 0 Å². The number of rotatable bonds is 3. The number of nitrogen functional groups attached to an aromatic ring is 1. The second kappa shape index (κ2) is 5.00. The van der Waals surface area contributed by atoms with Gasteiger partial charge in [-0.1, -0.05) is 13.0 Å². The van der Waals surface area contributed by atoms with Crippen molar-refractivity contribution in [2.24, 2.45) is 0 Å². The van der Waals surface area contributed by atoms with Crippen molar-refractivity contribution in [1.29, 1.82) is 0 Å². The van der Waals surface area contributed by atoms with E-state index >= 15 is 0 Å². The van der Waals surface area contributed by atoms with Gasteiger partial charge in [0.1, 0.15) is 23.7 Å². The summed E-state index contributed by atoms with van der Waals surface area (Å²) in [6.45, 7) is 3.77. The SMILES string of the molecule is CCc1c(N)ncnc1Oc1cc(F)ccc1C. The second-order valence-corrected chi connectivity index (χ2v) is 3.91. The first-order valence-electron chi connectivity index (χ1n) is 5.65. The van der Waals surface area contributed by atoms with Crippen molar-refractivity contribution in [3.8, 4) is 11.6 Å². The third kappa shape index (κ3) is 2.40. The van der Waals surface area contributed by atoms with Crippen molar-refractivity contribution in [3.63, 3.8) is 0 Å². The molecule has 0 aliphatic heterocycles. The van der Waals surface area contributed by atoms with Crippen LogP contribution < -0.4 is 10.5 Å². The molecule has 4 nitrogen and oxygen atoms in total. The summed E-state index contributed by atoms with van der Waals surface area (Å²) >= 11 is 0. The lowest BCUT2D eigenvalue weighted by molar-refractivity contribution is 0.448. The molecular formula is C13H14FN3O. The molecule has 1 aromatic carbocycles. The monoisotopic (exact) mass is 247 g/mol. The lowest BCUT2D eigenvalue weighted by atomic mass is 10.2. The molecule has 0 unspecified atom stereocenters. The fourth-order valence-corrected chi connectivity index (χ4v) is 1.62. The number of aryl methyl sites for hydroxylation is 1. The molecular weight excluding hydrogens is 233 g/mol. The van der Waals surface area contributed by atoms with Crippen LogP contribution in [0, 0.1) is 12.7 Å². The van der Waals surface area contributed by atoms with Crippen molar-refractivity contribution in [1.82, 2.24) is 9.97 Å². The Hall–Kier alpha value is -2.17. The van der Waals surface area contributed by atoms with Crippen molar-refractivity contribution in [2.75, 3.05) is 5.73 Å². The van der Waals surface area contributed by atoms with E-state index in [1.807, 2.05) is 13.8 Å². The molecule has 0 aliphatic rings. The number of hydrogen-bond donors (Lipinski definition) is 1. The second-order valence-electron chi connectivity index (χ2n) is 3.91. The molecule has 0 amide bonds. The molecule has 2 N–H and O–H groups in total. The van der Waals surface area contributed by atoms with E-state index in [0.29, 0.717) is 23.9 Å². The molecule has 0 bridgehead atoms. The number of anilines is 1. The summed E-state index contributed by atoms with van der Waals surface area (Å²) in [7, 11) is 0. The molecule has 94 valence electrons. The molecule has 0 spiro atoms. The predicted octanol–water partition coefficient (Wildman–Crippen LogP) is 2.86. The van der Waals surface area contributed by atoms with Crippen LogP contribution in [0.4, 0.5) is 10.2 Å². The van der Waals surface area contributed by atoms with Gasteiger partial charge in [0.15, 0.2) is 0 Å². The van der Waals surface area contributed by atoms with Gasteiger partial charge in [-0.2, -0.15) is 0 Å². The summed E-state index contributed by atoms with van der Waals surface area (Å²) in [4.78, 5) is 7.95. The van der Waals surface area contributed by atoms with E-state index in [1.54, 1.807) is 6.07 Å². The fraction of sp³-hybridized carbons (Fsp3) is 0.231. The van der Waals surface area contributed by atoms with Gasteiger partial charge in [-0.3, -0.25) is 0 Å². The summed E-state index contributed by atoms with van der Waals surface area (Å²) in [6.07, 6.45) is 1.98. The number of aromatic nitrogens is 2. The molecule has 0 aliphatic carbocycles. The van der Waals surface area contributed by atoms with Crippen molar-refractivity contribution < 1.29 is 9.13 Å². The number of nitrogens with two attached hydrogens (primary N) is 1. The Morgan fingerprint density at radius 2 is 2.11 bits per heavy atom. The normalized spacial score (nSPS) is 10.4. The quantitative estimate of drug-likeness (QED) is 0.905. The van der Waals surface area contributed by atoms with E-state index in [1.165, 1.54) is 18.5 Å². The summed E-state index contributed by atoms with van der Waals surface area (Å²) < 4.78 is 18.8. The number of hydrogen-bond acceptors (Lipinski definition) is 4. The van der Waals surface area contributed by atoms with Gasteiger partial charge in [0, 0.05) is 6.07 Å².